The lowest BCUT2D eigenvalue weighted by molar-refractivity contribution is -0.143. The van der Waals surface area contributed by atoms with Crippen molar-refractivity contribution in [3.05, 3.63) is 35.3 Å². The van der Waals surface area contributed by atoms with Gasteiger partial charge in [-0.2, -0.15) is 18.3 Å². The van der Waals surface area contributed by atoms with Crippen molar-refractivity contribution in [1.29, 1.82) is 0 Å². The van der Waals surface area contributed by atoms with Crippen LogP contribution in [0.25, 0.3) is 5.69 Å². The molecule has 0 unspecified atom stereocenters. The molecule has 0 amide bonds. The highest BCUT2D eigenvalue weighted by Crippen LogP contribution is 2.35. The van der Waals surface area contributed by atoms with E-state index in [0.717, 1.165) is 13.1 Å². The summed E-state index contributed by atoms with van der Waals surface area (Å²) in [7, 11) is 1.37. The van der Waals surface area contributed by atoms with Crippen molar-refractivity contribution in [2.75, 3.05) is 7.11 Å². The molecule has 2 rings (SSSR count). The smallest absolute Gasteiger partial charge is 0.434 e. The van der Waals surface area contributed by atoms with Crippen LogP contribution in [0.4, 0.5) is 13.2 Å². The Labute approximate surface area is 118 Å². The van der Waals surface area contributed by atoms with Crippen LogP contribution in [0.1, 0.15) is 28.5 Å². The minimum atomic E-state index is -4.71. The van der Waals surface area contributed by atoms with Gasteiger partial charge >= 0.3 is 6.18 Å². The predicted octanol–water partition coefficient (Wildman–Crippen LogP) is 2.81. The molecule has 0 saturated heterocycles. The number of halogens is 3. The van der Waals surface area contributed by atoms with E-state index in [1.807, 2.05) is 0 Å². The lowest BCUT2D eigenvalue weighted by Crippen LogP contribution is -2.17. The topological polar surface area (TPSA) is 57.0 Å². The molecule has 2 heterocycles. The minimum absolute atomic E-state index is 0.154. The second-order valence-corrected chi connectivity index (χ2v) is 4.34. The van der Waals surface area contributed by atoms with Gasteiger partial charge in [-0.3, -0.25) is 4.79 Å². The zero-order chi connectivity index (χ0) is 15.8. The van der Waals surface area contributed by atoms with Gasteiger partial charge < -0.3 is 4.74 Å². The predicted molar refractivity (Wildman–Crippen MR) is 67.7 cm³/mol. The number of carbonyl (C=O) groups is 1. The van der Waals surface area contributed by atoms with Crippen molar-refractivity contribution < 1.29 is 22.7 Å². The Balaban J connectivity index is 2.74. The first kappa shape index (κ1) is 15.0. The molecule has 0 atom stereocenters. The lowest BCUT2D eigenvalue weighted by atomic mass is 10.1. The van der Waals surface area contributed by atoms with Crippen molar-refractivity contribution in [1.82, 2.24) is 14.8 Å². The van der Waals surface area contributed by atoms with E-state index in [-0.39, 0.29) is 11.6 Å². The average molecular weight is 299 g/mol. The van der Waals surface area contributed by atoms with Gasteiger partial charge in [-0.1, -0.05) is 0 Å². The van der Waals surface area contributed by atoms with Gasteiger partial charge in [0.1, 0.15) is 0 Å². The highest BCUT2D eigenvalue weighted by atomic mass is 19.4. The Morgan fingerprint density at radius 2 is 2.05 bits per heavy atom. The zero-order valence-electron chi connectivity index (χ0n) is 11.5. The lowest BCUT2D eigenvalue weighted by Gasteiger charge is -2.14. The third-order valence-corrected chi connectivity index (χ3v) is 2.97. The van der Waals surface area contributed by atoms with Gasteiger partial charge in [0.2, 0.25) is 5.88 Å². The number of Topliss-reactive ketones (excluding diaryl/α,β-unsaturated/α-hetero) is 1. The number of aromatic nitrogens is 3. The molecular weight excluding hydrogens is 287 g/mol. The van der Waals surface area contributed by atoms with Gasteiger partial charge in [0, 0.05) is 11.8 Å². The third kappa shape index (κ3) is 2.61. The first-order valence-corrected chi connectivity index (χ1v) is 5.93. The maximum Gasteiger partial charge on any atom is 0.434 e. The number of ketones is 1. The molecule has 0 aliphatic rings. The normalized spacial score (nSPS) is 11.5. The molecule has 0 radical (unpaired) electrons. The molecule has 2 aromatic heterocycles. The summed E-state index contributed by atoms with van der Waals surface area (Å²) >= 11 is 0. The van der Waals surface area contributed by atoms with Crippen molar-refractivity contribution in [2.24, 2.45) is 0 Å². The molecule has 0 bridgehead atoms. The van der Waals surface area contributed by atoms with Gasteiger partial charge in [0.15, 0.2) is 11.5 Å². The Bertz CT molecular complexity index is 692. The summed E-state index contributed by atoms with van der Waals surface area (Å²) in [5.41, 5.74) is -1.03. The number of hydrogen-bond donors (Lipinski definition) is 0. The maximum atomic E-state index is 13.2. The zero-order valence-corrected chi connectivity index (χ0v) is 11.5. The molecule has 2 aromatic rings. The molecule has 5 nitrogen and oxygen atoms in total. The highest BCUT2D eigenvalue weighted by Gasteiger charge is 2.40. The van der Waals surface area contributed by atoms with Crippen molar-refractivity contribution >= 4 is 5.78 Å². The summed E-state index contributed by atoms with van der Waals surface area (Å²) in [6, 6.07) is 1.38. The van der Waals surface area contributed by atoms with Crippen LogP contribution in [0.2, 0.25) is 0 Å². The maximum absolute atomic E-state index is 13.2. The van der Waals surface area contributed by atoms with Crippen LogP contribution in [0.15, 0.2) is 18.5 Å². The van der Waals surface area contributed by atoms with E-state index in [2.05, 4.69) is 10.1 Å². The SMILES string of the molecule is COc1nccc(-n2ncc(C(C)=O)c2C(F)(F)F)c1C. The number of hydrogen-bond acceptors (Lipinski definition) is 4. The number of nitrogens with zero attached hydrogens (tertiary/aromatic N) is 3. The van der Waals surface area contributed by atoms with E-state index < -0.39 is 23.2 Å². The molecule has 112 valence electrons. The van der Waals surface area contributed by atoms with Gasteiger partial charge in [0.25, 0.3) is 0 Å². The van der Waals surface area contributed by atoms with Crippen LogP contribution in [0.5, 0.6) is 5.88 Å². The number of ether oxygens (including phenoxy) is 1. The third-order valence-electron chi connectivity index (χ3n) is 2.97. The fourth-order valence-corrected chi connectivity index (χ4v) is 2.00. The second kappa shape index (κ2) is 5.19. The van der Waals surface area contributed by atoms with Crippen LogP contribution in [-0.2, 0) is 6.18 Å². The van der Waals surface area contributed by atoms with Crippen molar-refractivity contribution in [3.63, 3.8) is 0 Å². The summed E-state index contributed by atoms with van der Waals surface area (Å²) in [6.07, 6.45) is -2.48. The van der Waals surface area contributed by atoms with E-state index in [1.54, 1.807) is 6.92 Å². The summed E-state index contributed by atoms with van der Waals surface area (Å²) in [6.45, 7) is 2.63. The number of alkyl halides is 3. The van der Waals surface area contributed by atoms with Crippen molar-refractivity contribution in [3.8, 4) is 11.6 Å². The van der Waals surface area contributed by atoms with E-state index in [9.17, 15) is 18.0 Å². The van der Waals surface area contributed by atoms with Gasteiger partial charge in [-0.15, -0.1) is 0 Å². The van der Waals surface area contributed by atoms with Gasteiger partial charge in [-0.25, -0.2) is 9.67 Å². The van der Waals surface area contributed by atoms with Crippen LogP contribution in [0.3, 0.4) is 0 Å². The summed E-state index contributed by atoms with van der Waals surface area (Å²) in [4.78, 5) is 15.3. The van der Waals surface area contributed by atoms with Gasteiger partial charge in [0.05, 0.1) is 24.6 Å². The molecule has 0 N–H and O–H groups in total. The number of carbonyl (C=O) groups excluding carboxylic acids is 1. The standard InChI is InChI=1S/C13H12F3N3O2/c1-7-10(4-5-17-12(7)21-3)19-11(13(14,15)16)9(6-18-19)8(2)20/h4-6H,1-3H3. The van der Waals surface area contributed by atoms with E-state index in [4.69, 9.17) is 4.74 Å². The van der Waals surface area contributed by atoms with Gasteiger partial charge in [-0.05, 0) is 19.9 Å². The van der Waals surface area contributed by atoms with E-state index >= 15 is 0 Å². The molecule has 0 spiro atoms. The Hall–Kier alpha value is -2.38. The summed E-state index contributed by atoms with van der Waals surface area (Å²) < 4.78 is 45.4. The van der Waals surface area contributed by atoms with Crippen LogP contribution in [-0.4, -0.2) is 27.7 Å². The van der Waals surface area contributed by atoms with Crippen LogP contribution < -0.4 is 4.74 Å². The quantitative estimate of drug-likeness (QED) is 0.818. The van der Waals surface area contributed by atoms with E-state index in [1.165, 1.54) is 19.4 Å². The molecule has 8 heteroatoms. The van der Waals surface area contributed by atoms with Crippen LogP contribution >= 0.6 is 0 Å². The van der Waals surface area contributed by atoms with E-state index in [0.29, 0.717) is 10.2 Å². The van der Waals surface area contributed by atoms with Crippen molar-refractivity contribution in [2.45, 2.75) is 20.0 Å². The highest BCUT2D eigenvalue weighted by molar-refractivity contribution is 5.95. The fourth-order valence-electron chi connectivity index (χ4n) is 2.00. The fraction of sp³-hybridized carbons (Fsp3) is 0.308. The second-order valence-electron chi connectivity index (χ2n) is 4.34. The molecule has 0 aliphatic carbocycles. The molecular formula is C13H12F3N3O2. The Morgan fingerprint density at radius 3 is 2.57 bits per heavy atom. The summed E-state index contributed by atoms with van der Waals surface area (Å²) in [5.74, 6) is -0.507. The molecule has 0 fully saturated rings. The molecule has 0 aliphatic heterocycles. The molecule has 0 aromatic carbocycles. The molecule has 21 heavy (non-hydrogen) atoms. The number of pyridine rings is 1. The number of methoxy groups -OCH3 is 1. The Kier molecular flexibility index (Phi) is 3.71. The summed E-state index contributed by atoms with van der Waals surface area (Å²) in [5, 5.41) is 3.70. The Morgan fingerprint density at radius 1 is 1.38 bits per heavy atom. The molecule has 0 saturated carbocycles. The van der Waals surface area contributed by atoms with Crippen LogP contribution in [0, 0.1) is 6.92 Å². The first-order valence-electron chi connectivity index (χ1n) is 5.93. The first-order chi connectivity index (χ1) is 9.77. The largest absolute Gasteiger partial charge is 0.481 e. The number of rotatable bonds is 3. The average Bonchev–Trinajstić information content (AvgIpc) is 2.83. The minimum Gasteiger partial charge on any atom is -0.481 e. The monoisotopic (exact) mass is 299 g/mol.